The third-order valence-corrected chi connectivity index (χ3v) is 5.17. The SMILES string of the molecule is CCC(=O)N1C[C@H](c2ccc(OC)cc2)[C@H](C(=O)NCc2ccccc2)C1. The Labute approximate surface area is 160 Å². The van der Waals surface area contributed by atoms with E-state index < -0.39 is 0 Å². The molecule has 1 N–H and O–H groups in total. The van der Waals surface area contributed by atoms with Gasteiger partial charge in [0.2, 0.25) is 11.8 Å². The van der Waals surface area contributed by atoms with Crippen LogP contribution in [0, 0.1) is 5.92 Å². The average Bonchev–Trinajstić information content (AvgIpc) is 3.18. The van der Waals surface area contributed by atoms with E-state index in [9.17, 15) is 9.59 Å². The van der Waals surface area contributed by atoms with Gasteiger partial charge in [-0.15, -0.1) is 0 Å². The Morgan fingerprint density at radius 2 is 1.78 bits per heavy atom. The number of nitrogens with one attached hydrogen (secondary N) is 1. The predicted molar refractivity (Wildman–Crippen MR) is 104 cm³/mol. The summed E-state index contributed by atoms with van der Waals surface area (Å²) in [5.41, 5.74) is 2.12. The van der Waals surface area contributed by atoms with Crippen LogP contribution < -0.4 is 10.1 Å². The topological polar surface area (TPSA) is 58.6 Å². The molecule has 1 aliphatic heterocycles. The standard InChI is InChI=1S/C22H26N2O3/c1-3-21(25)24-14-19(17-9-11-18(27-2)12-10-17)20(15-24)22(26)23-13-16-7-5-4-6-8-16/h4-12,19-20H,3,13-15H2,1-2H3,(H,23,26)/t19-,20-/m1/s1. The van der Waals surface area contributed by atoms with Crippen LogP contribution in [0.1, 0.15) is 30.4 Å². The van der Waals surface area contributed by atoms with Crippen molar-refractivity contribution in [3.8, 4) is 5.75 Å². The number of rotatable bonds is 6. The van der Waals surface area contributed by atoms with Gasteiger partial charge in [0.15, 0.2) is 0 Å². The van der Waals surface area contributed by atoms with E-state index in [2.05, 4.69) is 5.32 Å². The number of carbonyl (C=O) groups excluding carboxylic acids is 2. The molecule has 2 atom stereocenters. The normalized spacial score (nSPS) is 19.0. The highest BCUT2D eigenvalue weighted by atomic mass is 16.5. The Balaban J connectivity index is 1.75. The molecule has 0 radical (unpaired) electrons. The van der Waals surface area contributed by atoms with E-state index in [0.717, 1.165) is 16.9 Å². The van der Waals surface area contributed by atoms with Crippen molar-refractivity contribution in [3.05, 3.63) is 65.7 Å². The molecule has 0 unspecified atom stereocenters. The molecule has 1 saturated heterocycles. The van der Waals surface area contributed by atoms with Crippen LogP contribution in [0.4, 0.5) is 0 Å². The Morgan fingerprint density at radius 1 is 1.07 bits per heavy atom. The number of hydrogen-bond donors (Lipinski definition) is 1. The second kappa shape index (κ2) is 8.71. The van der Waals surface area contributed by atoms with Gasteiger partial charge in [0.25, 0.3) is 0 Å². The third kappa shape index (κ3) is 4.48. The molecule has 142 valence electrons. The van der Waals surface area contributed by atoms with Gasteiger partial charge >= 0.3 is 0 Å². The molecule has 27 heavy (non-hydrogen) atoms. The van der Waals surface area contributed by atoms with Crippen LogP contribution in [-0.4, -0.2) is 36.9 Å². The lowest BCUT2D eigenvalue weighted by atomic mass is 9.88. The van der Waals surface area contributed by atoms with Crippen molar-refractivity contribution in [1.82, 2.24) is 10.2 Å². The van der Waals surface area contributed by atoms with Crippen LogP contribution in [0.25, 0.3) is 0 Å². The molecule has 2 aromatic carbocycles. The number of ether oxygens (including phenoxy) is 1. The molecule has 2 amide bonds. The largest absolute Gasteiger partial charge is 0.497 e. The van der Waals surface area contributed by atoms with E-state index in [1.165, 1.54) is 0 Å². The molecule has 5 nitrogen and oxygen atoms in total. The average molecular weight is 366 g/mol. The number of likely N-dealkylation sites (tertiary alicyclic amines) is 1. The predicted octanol–water partition coefficient (Wildman–Crippen LogP) is 2.96. The molecule has 1 aliphatic rings. The maximum absolute atomic E-state index is 12.9. The second-order valence-electron chi connectivity index (χ2n) is 6.84. The summed E-state index contributed by atoms with van der Waals surface area (Å²) in [5, 5.41) is 3.04. The molecule has 0 bridgehead atoms. The van der Waals surface area contributed by atoms with E-state index in [1.807, 2.05) is 66.4 Å². The van der Waals surface area contributed by atoms with Gasteiger partial charge in [-0.3, -0.25) is 9.59 Å². The Hall–Kier alpha value is -2.82. The summed E-state index contributed by atoms with van der Waals surface area (Å²) in [4.78, 5) is 26.9. The van der Waals surface area contributed by atoms with Gasteiger partial charge in [-0.05, 0) is 23.3 Å². The van der Waals surface area contributed by atoms with Gasteiger partial charge in [-0.25, -0.2) is 0 Å². The summed E-state index contributed by atoms with van der Waals surface area (Å²) < 4.78 is 5.23. The summed E-state index contributed by atoms with van der Waals surface area (Å²) in [6, 6.07) is 17.6. The minimum Gasteiger partial charge on any atom is -0.497 e. The molecular weight excluding hydrogens is 340 g/mol. The Morgan fingerprint density at radius 3 is 2.41 bits per heavy atom. The van der Waals surface area contributed by atoms with Gasteiger partial charge in [0.1, 0.15) is 5.75 Å². The molecule has 0 aromatic heterocycles. The van der Waals surface area contributed by atoms with Gasteiger partial charge in [-0.2, -0.15) is 0 Å². The lowest BCUT2D eigenvalue weighted by molar-refractivity contribution is -0.130. The van der Waals surface area contributed by atoms with Crippen LogP contribution in [0.2, 0.25) is 0 Å². The van der Waals surface area contributed by atoms with Gasteiger partial charge in [-0.1, -0.05) is 49.4 Å². The fourth-order valence-corrected chi connectivity index (χ4v) is 3.60. The summed E-state index contributed by atoms with van der Waals surface area (Å²) in [7, 11) is 1.63. The number of benzene rings is 2. The number of carbonyl (C=O) groups is 2. The van der Waals surface area contributed by atoms with Crippen molar-refractivity contribution in [2.45, 2.75) is 25.8 Å². The number of amides is 2. The molecule has 0 spiro atoms. The van der Waals surface area contributed by atoms with Crippen molar-refractivity contribution < 1.29 is 14.3 Å². The van der Waals surface area contributed by atoms with E-state index in [-0.39, 0.29) is 23.7 Å². The minimum absolute atomic E-state index is 0.00826. The van der Waals surface area contributed by atoms with E-state index in [4.69, 9.17) is 4.74 Å². The first kappa shape index (κ1) is 19.0. The van der Waals surface area contributed by atoms with Crippen LogP contribution in [0.5, 0.6) is 5.75 Å². The quantitative estimate of drug-likeness (QED) is 0.855. The molecule has 0 saturated carbocycles. The summed E-state index contributed by atoms with van der Waals surface area (Å²) in [6.45, 7) is 3.38. The fourth-order valence-electron chi connectivity index (χ4n) is 3.60. The summed E-state index contributed by atoms with van der Waals surface area (Å²) in [5.74, 6) is 0.598. The lowest BCUT2D eigenvalue weighted by Gasteiger charge is -2.18. The van der Waals surface area contributed by atoms with E-state index in [0.29, 0.717) is 26.1 Å². The van der Waals surface area contributed by atoms with Crippen molar-refractivity contribution in [3.63, 3.8) is 0 Å². The Bertz CT molecular complexity index is 774. The minimum atomic E-state index is -0.252. The van der Waals surface area contributed by atoms with Crippen LogP contribution in [-0.2, 0) is 16.1 Å². The monoisotopic (exact) mass is 366 g/mol. The Kier molecular flexibility index (Phi) is 6.12. The maximum Gasteiger partial charge on any atom is 0.225 e. The van der Waals surface area contributed by atoms with Crippen LogP contribution in [0.15, 0.2) is 54.6 Å². The molecule has 1 heterocycles. The molecule has 0 aliphatic carbocycles. The lowest BCUT2D eigenvalue weighted by Crippen LogP contribution is -2.35. The molecule has 2 aromatic rings. The zero-order chi connectivity index (χ0) is 19.2. The first-order valence-corrected chi connectivity index (χ1v) is 9.35. The van der Waals surface area contributed by atoms with Gasteiger partial charge < -0.3 is 15.0 Å². The third-order valence-electron chi connectivity index (χ3n) is 5.17. The highest BCUT2D eigenvalue weighted by molar-refractivity contribution is 5.83. The maximum atomic E-state index is 12.9. The summed E-state index contributed by atoms with van der Waals surface area (Å²) in [6.07, 6.45) is 0.452. The zero-order valence-electron chi connectivity index (χ0n) is 15.9. The zero-order valence-corrected chi connectivity index (χ0v) is 15.9. The molecule has 3 rings (SSSR count). The first-order chi connectivity index (χ1) is 13.1. The first-order valence-electron chi connectivity index (χ1n) is 9.35. The smallest absolute Gasteiger partial charge is 0.225 e. The van der Waals surface area contributed by atoms with Crippen molar-refractivity contribution in [2.24, 2.45) is 5.92 Å². The van der Waals surface area contributed by atoms with Crippen molar-refractivity contribution >= 4 is 11.8 Å². The number of nitrogens with zero attached hydrogens (tertiary/aromatic N) is 1. The van der Waals surface area contributed by atoms with Crippen LogP contribution in [0.3, 0.4) is 0 Å². The molecule has 5 heteroatoms. The van der Waals surface area contributed by atoms with E-state index >= 15 is 0 Å². The van der Waals surface area contributed by atoms with Crippen molar-refractivity contribution in [1.29, 1.82) is 0 Å². The van der Waals surface area contributed by atoms with Crippen LogP contribution >= 0.6 is 0 Å². The number of hydrogen-bond acceptors (Lipinski definition) is 3. The summed E-state index contributed by atoms with van der Waals surface area (Å²) >= 11 is 0. The fraction of sp³-hybridized carbons (Fsp3) is 0.364. The number of methoxy groups -OCH3 is 1. The molecule has 1 fully saturated rings. The highest BCUT2D eigenvalue weighted by Crippen LogP contribution is 2.34. The van der Waals surface area contributed by atoms with Gasteiger partial charge in [0, 0.05) is 32.0 Å². The molecular formula is C22H26N2O3. The van der Waals surface area contributed by atoms with Gasteiger partial charge in [0.05, 0.1) is 13.0 Å². The highest BCUT2D eigenvalue weighted by Gasteiger charge is 2.39. The second-order valence-corrected chi connectivity index (χ2v) is 6.84. The van der Waals surface area contributed by atoms with E-state index in [1.54, 1.807) is 7.11 Å². The van der Waals surface area contributed by atoms with Crippen molar-refractivity contribution in [2.75, 3.05) is 20.2 Å².